The first-order valence-corrected chi connectivity index (χ1v) is 6.52. The van der Waals surface area contributed by atoms with Crippen molar-refractivity contribution in [1.82, 2.24) is 4.90 Å². The molecule has 0 aliphatic carbocycles. The molecule has 2 heterocycles. The molecule has 4 heteroatoms. The molecule has 1 fully saturated rings. The Morgan fingerprint density at radius 1 is 1.28 bits per heavy atom. The summed E-state index contributed by atoms with van der Waals surface area (Å²) in [5, 5.41) is 12.0. The minimum atomic E-state index is 0.273. The first-order valence-electron chi connectivity index (χ1n) is 6.52. The molecule has 2 aliphatic heterocycles. The van der Waals surface area contributed by atoms with Crippen LogP contribution < -0.4 is 4.74 Å². The van der Waals surface area contributed by atoms with Crippen LogP contribution in [0.15, 0.2) is 29.4 Å². The van der Waals surface area contributed by atoms with Gasteiger partial charge in [-0.15, -0.1) is 0 Å². The molecule has 0 saturated carbocycles. The molecule has 4 nitrogen and oxygen atoms in total. The maximum absolute atomic E-state index is 8.72. The molecule has 18 heavy (non-hydrogen) atoms. The van der Waals surface area contributed by atoms with Gasteiger partial charge in [-0.3, -0.25) is 4.90 Å². The van der Waals surface area contributed by atoms with Crippen molar-refractivity contribution < 1.29 is 9.94 Å². The molecular formula is C14H18N2O2. The number of hydrogen-bond acceptors (Lipinski definition) is 4. The summed E-state index contributed by atoms with van der Waals surface area (Å²) in [5.41, 5.74) is 2.24. The Kier molecular flexibility index (Phi) is 3.19. The summed E-state index contributed by atoms with van der Waals surface area (Å²) in [4.78, 5) is 2.39. The normalized spacial score (nSPS) is 23.6. The molecule has 3 rings (SSSR count). The fraction of sp³-hybridized carbons (Fsp3) is 0.500. The molecule has 1 aromatic rings. The lowest BCUT2D eigenvalue weighted by Gasteiger charge is -2.28. The summed E-state index contributed by atoms with van der Waals surface area (Å²) in [7, 11) is 0. The summed E-state index contributed by atoms with van der Waals surface area (Å²) < 4.78 is 5.94. The molecule has 1 aromatic carbocycles. The zero-order valence-electron chi connectivity index (χ0n) is 10.4. The number of likely N-dealkylation sites (tertiary alicyclic amines) is 1. The number of fused-ring (bicyclic) bond motifs is 1. The fourth-order valence-corrected chi connectivity index (χ4v) is 2.74. The van der Waals surface area contributed by atoms with Crippen molar-refractivity contribution in [3.8, 4) is 5.75 Å². The molecule has 0 aromatic heterocycles. The Bertz CT molecular complexity index is 424. The van der Waals surface area contributed by atoms with Crippen LogP contribution in [0, 0.1) is 0 Å². The Morgan fingerprint density at radius 2 is 2.06 bits per heavy atom. The number of benzene rings is 1. The summed E-state index contributed by atoms with van der Waals surface area (Å²) in [6.07, 6.45) is 3.02. The summed E-state index contributed by atoms with van der Waals surface area (Å²) in [5.74, 6) is 1.04. The molecule has 2 aliphatic rings. The lowest BCUT2D eigenvalue weighted by molar-refractivity contribution is 0.149. The van der Waals surface area contributed by atoms with Crippen LogP contribution in [0.3, 0.4) is 0 Å². The lowest BCUT2D eigenvalue weighted by Crippen LogP contribution is -2.40. The quantitative estimate of drug-likeness (QED) is 0.640. The van der Waals surface area contributed by atoms with Crippen molar-refractivity contribution in [2.45, 2.75) is 25.4 Å². The molecule has 1 saturated heterocycles. The van der Waals surface area contributed by atoms with E-state index in [4.69, 9.17) is 9.94 Å². The van der Waals surface area contributed by atoms with Crippen molar-refractivity contribution in [2.75, 3.05) is 19.6 Å². The van der Waals surface area contributed by atoms with E-state index in [1.165, 1.54) is 5.56 Å². The molecule has 0 bridgehead atoms. The second-order valence-electron chi connectivity index (χ2n) is 5.02. The van der Waals surface area contributed by atoms with Crippen molar-refractivity contribution in [2.24, 2.45) is 5.16 Å². The predicted octanol–water partition coefficient (Wildman–Crippen LogP) is 1.92. The molecule has 1 atom stereocenters. The van der Waals surface area contributed by atoms with Gasteiger partial charge >= 0.3 is 0 Å². The minimum Gasteiger partial charge on any atom is -0.488 e. The van der Waals surface area contributed by atoms with Crippen LogP contribution in [0.1, 0.15) is 18.4 Å². The molecular weight excluding hydrogens is 228 g/mol. The van der Waals surface area contributed by atoms with E-state index in [1.54, 1.807) is 0 Å². The fourth-order valence-electron chi connectivity index (χ4n) is 2.74. The highest BCUT2D eigenvalue weighted by atomic mass is 16.5. The molecule has 0 amide bonds. The van der Waals surface area contributed by atoms with Gasteiger partial charge in [0.15, 0.2) is 0 Å². The van der Waals surface area contributed by atoms with Gasteiger partial charge in [0.2, 0.25) is 0 Å². The van der Waals surface area contributed by atoms with Gasteiger partial charge in [0.1, 0.15) is 11.9 Å². The monoisotopic (exact) mass is 246 g/mol. The minimum absolute atomic E-state index is 0.273. The topological polar surface area (TPSA) is 45.1 Å². The van der Waals surface area contributed by atoms with Gasteiger partial charge in [-0.1, -0.05) is 23.4 Å². The molecule has 0 radical (unpaired) electrons. The van der Waals surface area contributed by atoms with E-state index in [-0.39, 0.29) is 6.10 Å². The van der Waals surface area contributed by atoms with E-state index in [1.807, 2.05) is 12.1 Å². The smallest absolute Gasteiger partial charge is 0.123 e. The van der Waals surface area contributed by atoms with Crippen LogP contribution >= 0.6 is 0 Å². The zero-order valence-corrected chi connectivity index (χ0v) is 10.4. The maximum Gasteiger partial charge on any atom is 0.123 e. The number of nitrogens with zero attached hydrogens (tertiary/aromatic N) is 2. The van der Waals surface area contributed by atoms with Gasteiger partial charge in [-0.25, -0.2) is 0 Å². The number of para-hydroxylation sites is 1. The van der Waals surface area contributed by atoms with E-state index in [9.17, 15) is 0 Å². The van der Waals surface area contributed by atoms with Gasteiger partial charge in [-0.05, 0) is 11.6 Å². The van der Waals surface area contributed by atoms with E-state index in [0.717, 1.165) is 50.4 Å². The van der Waals surface area contributed by atoms with Gasteiger partial charge in [0.25, 0.3) is 0 Å². The standard InChI is InChI=1S/C14H18N2O2/c17-15-12-5-7-16(8-6-12)10-13-9-11-3-1-2-4-14(11)18-13/h1-4,13,17H,5-10H2. The van der Waals surface area contributed by atoms with Crippen LogP contribution in [0.25, 0.3) is 0 Å². The number of rotatable bonds is 2. The van der Waals surface area contributed by atoms with Gasteiger partial charge in [0, 0.05) is 38.9 Å². The number of ether oxygens (including phenoxy) is 1. The highest BCUT2D eigenvalue weighted by Gasteiger charge is 2.25. The average Bonchev–Trinajstić information content (AvgIpc) is 2.82. The maximum atomic E-state index is 8.72. The predicted molar refractivity (Wildman–Crippen MR) is 69.5 cm³/mol. The first kappa shape index (κ1) is 11.5. The van der Waals surface area contributed by atoms with Crippen LogP contribution in [-0.4, -0.2) is 41.6 Å². The summed E-state index contributed by atoms with van der Waals surface area (Å²) in [6, 6.07) is 8.27. The van der Waals surface area contributed by atoms with Crippen LogP contribution in [0.2, 0.25) is 0 Å². The Balaban J connectivity index is 1.54. The first-order chi connectivity index (χ1) is 8.85. The Hall–Kier alpha value is -1.55. The average molecular weight is 246 g/mol. The summed E-state index contributed by atoms with van der Waals surface area (Å²) in [6.45, 7) is 2.90. The Morgan fingerprint density at radius 3 is 2.78 bits per heavy atom. The Labute approximate surface area is 107 Å². The third kappa shape index (κ3) is 2.34. The highest BCUT2D eigenvalue weighted by molar-refractivity contribution is 5.84. The lowest BCUT2D eigenvalue weighted by atomic mass is 10.1. The van der Waals surface area contributed by atoms with E-state index in [2.05, 4.69) is 22.2 Å². The van der Waals surface area contributed by atoms with E-state index < -0.39 is 0 Å². The second kappa shape index (κ2) is 4.98. The SMILES string of the molecule is ON=C1CCN(CC2Cc3ccccc3O2)CC1. The van der Waals surface area contributed by atoms with E-state index >= 15 is 0 Å². The van der Waals surface area contributed by atoms with Gasteiger partial charge < -0.3 is 9.94 Å². The number of piperidine rings is 1. The molecule has 0 spiro atoms. The molecule has 1 N–H and O–H groups in total. The van der Waals surface area contributed by atoms with Gasteiger partial charge in [0.05, 0.1) is 5.71 Å². The van der Waals surface area contributed by atoms with Crippen LogP contribution in [-0.2, 0) is 6.42 Å². The number of hydrogen-bond donors (Lipinski definition) is 1. The van der Waals surface area contributed by atoms with Crippen molar-refractivity contribution in [1.29, 1.82) is 0 Å². The van der Waals surface area contributed by atoms with Crippen molar-refractivity contribution in [3.05, 3.63) is 29.8 Å². The number of oxime groups is 1. The van der Waals surface area contributed by atoms with Crippen molar-refractivity contribution >= 4 is 5.71 Å². The van der Waals surface area contributed by atoms with Crippen LogP contribution in [0.4, 0.5) is 0 Å². The second-order valence-corrected chi connectivity index (χ2v) is 5.02. The zero-order chi connectivity index (χ0) is 12.4. The van der Waals surface area contributed by atoms with Gasteiger partial charge in [-0.2, -0.15) is 0 Å². The third-order valence-electron chi connectivity index (χ3n) is 3.75. The van der Waals surface area contributed by atoms with E-state index in [0.29, 0.717) is 0 Å². The third-order valence-corrected chi connectivity index (χ3v) is 3.75. The molecule has 96 valence electrons. The largest absolute Gasteiger partial charge is 0.488 e. The molecule has 1 unspecified atom stereocenters. The van der Waals surface area contributed by atoms with Crippen molar-refractivity contribution in [3.63, 3.8) is 0 Å². The summed E-state index contributed by atoms with van der Waals surface area (Å²) >= 11 is 0. The highest BCUT2D eigenvalue weighted by Crippen LogP contribution is 2.28. The van der Waals surface area contributed by atoms with Crippen LogP contribution in [0.5, 0.6) is 5.75 Å².